The van der Waals surface area contributed by atoms with Gasteiger partial charge in [-0.2, -0.15) is 0 Å². The number of benzene rings is 1. The van der Waals surface area contributed by atoms with Crippen LogP contribution in [0.15, 0.2) is 18.2 Å². The van der Waals surface area contributed by atoms with Crippen molar-refractivity contribution in [3.8, 4) is 5.75 Å². The standard InChI is InChI=1S/C13H17NO3/c1-14-6-5-10-7-11(17-2)4-3-9(10)8-12(14)13(15)16/h3-4,7,12H,5-6,8H2,1-2H3,(H,15,16). The smallest absolute Gasteiger partial charge is 0.321 e. The van der Waals surface area contributed by atoms with Gasteiger partial charge in [0.25, 0.3) is 0 Å². The van der Waals surface area contributed by atoms with Crippen molar-refractivity contribution in [2.24, 2.45) is 0 Å². The highest BCUT2D eigenvalue weighted by atomic mass is 16.5. The summed E-state index contributed by atoms with van der Waals surface area (Å²) in [5.74, 6) is 0.0800. The molecular weight excluding hydrogens is 218 g/mol. The predicted octanol–water partition coefficient (Wildman–Crippen LogP) is 1.18. The molecule has 2 rings (SSSR count). The van der Waals surface area contributed by atoms with Gasteiger partial charge in [0.1, 0.15) is 11.8 Å². The molecule has 0 fully saturated rings. The van der Waals surface area contributed by atoms with Crippen LogP contribution in [0.3, 0.4) is 0 Å². The lowest BCUT2D eigenvalue weighted by Crippen LogP contribution is -2.39. The summed E-state index contributed by atoms with van der Waals surface area (Å²) >= 11 is 0. The second kappa shape index (κ2) is 4.75. The predicted molar refractivity (Wildman–Crippen MR) is 64.5 cm³/mol. The Morgan fingerprint density at radius 2 is 2.24 bits per heavy atom. The number of likely N-dealkylation sites (N-methyl/N-ethyl adjacent to an activating group) is 1. The van der Waals surface area contributed by atoms with Gasteiger partial charge in [0.05, 0.1) is 7.11 Å². The van der Waals surface area contributed by atoms with Crippen molar-refractivity contribution in [1.29, 1.82) is 0 Å². The van der Waals surface area contributed by atoms with Crippen LogP contribution in [0.1, 0.15) is 11.1 Å². The van der Waals surface area contributed by atoms with Crippen molar-refractivity contribution in [3.63, 3.8) is 0 Å². The highest BCUT2D eigenvalue weighted by molar-refractivity contribution is 5.74. The quantitative estimate of drug-likeness (QED) is 0.836. The van der Waals surface area contributed by atoms with E-state index >= 15 is 0 Å². The molecule has 1 heterocycles. The molecule has 0 saturated heterocycles. The van der Waals surface area contributed by atoms with Crippen LogP contribution in [0.5, 0.6) is 5.75 Å². The summed E-state index contributed by atoms with van der Waals surface area (Å²) in [6, 6.07) is 5.45. The number of rotatable bonds is 2. The van der Waals surface area contributed by atoms with Crippen LogP contribution in [0.25, 0.3) is 0 Å². The number of carboxylic acid groups (broad SMARTS) is 1. The number of aliphatic carboxylic acids is 1. The number of carbonyl (C=O) groups is 1. The van der Waals surface area contributed by atoms with Gasteiger partial charge in [0, 0.05) is 6.54 Å². The molecule has 0 spiro atoms. The fourth-order valence-electron chi connectivity index (χ4n) is 2.25. The minimum Gasteiger partial charge on any atom is -0.497 e. The van der Waals surface area contributed by atoms with Crippen LogP contribution in [0, 0.1) is 0 Å². The SMILES string of the molecule is COc1ccc2c(c1)CCN(C)C(C(=O)O)C2. The zero-order valence-corrected chi connectivity index (χ0v) is 10.1. The number of hydrogen-bond acceptors (Lipinski definition) is 3. The monoisotopic (exact) mass is 235 g/mol. The molecule has 0 amide bonds. The van der Waals surface area contributed by atoms with Crippen molar-refractivity contribution in [3.05, 3.63) is 29.3 Å². The summed E-state index contributed by atoms with van der Waals surface area (Å²) < 4.78 is 5.19. The van der Waals surface area contributed by atoms with Crippen molar-refractivity contribution in [2.45, 2.75) is 18.9 Å². The average Bonchev–Trinajstić information content (AvgIpc) is 2.48. The van der Waals surface area contributed by atoms with E-state index in [1.807, 2.05) is 30.1 Å². The molecule has 1 atom stereocenters. The zero-order valence-electron chi connectivity index (χ0n) is 10.1. The Bertz CT molecular complexity index is 431. The van der Waals surface area contributed by atoms with Crippen molar-refractivity contribution in [1.82, 2.24) is 4.90 Å². The molecule has 0 radical (unpaired) electrons. The first-order valence-electron chi connectivity index (χ1n) is 5.70. The third kappa shape index (κ3) is 2.42. The van der Waals surface area contributed by atoms with Crippen molar-refractivity contribution >= 4 is 5.97 Å². The maximum absolute atomic E-state index is 11.2. The van der Waals surface area contributed by atoms with Gasteiger partial charge >= 0.3 is 5.97 Å². The molecule has 17 heavy (non-hydrogen) atoms. The number of nitrogens with zero attached hydrogens (tertiary/aromatic N) is 1. The molecular formula is C13H17NO3. The first kappa shape index (κ1) is 11.9. The summed E-state index contributed by atoms with van der Waals surface area (Å²) in [7, 11) is 3.51. The summed E-state index contributed by atoms with van der Waals surface area (Å²) in [6.07, 6.45) is 1.43. The topological polar surface area (TPSA) is 49.8 Å². The Morgan fingerprint density at radius 1 is 1.47 bits per heavy atom. The van der Waals surface area contributed by atoms with Crippen LogP contribution in [0.4, 0.5) is 0 Å². The van der Waals surface area contributed by atoms with Crippen LogP contribution >= 0.6 is 0 Å². The second-order valence-electron chi connectivity index (χ2n) is 4.42. The van der Waals surface area contributed by atoms with Gasteiger partial charge in [0.2, 0.25) is 0 Å². The molecule has 0 saturated carbocycles. The lowest BCUT2D eigenvalue weighted by atomic mass is 10.00. The third-order valence-electron chi connectivity index (χ3n) is 3.38. The zero-order chi connectivity index (χ0) is 12.4. The van der Waals surface area contributed by atoms with Gasteiger partial charge in [-0.3, -0.25) is 9.69 Å². The van der Waals surface area contributed by atoms with Crippen molar-refractivity contribution in [2.75, 3.05) is 20.7 Å². The largest absolute Gasteiger partial charge is 0.497 e. The lowest BCUT2D eigenvalue weighted by molar-refractivity contribution is -0.142. The molecule has 4 heteroatoms. The molecule has 1 aromatic rings. The summed E-state index contributed by atoms with van der Waals surface area (Å²) in [6.45, 7) is 0.761. The molecule has 1 aromatic carbocycles. The fourth-order valence-corrected chi connectivity index (χ4v) is 2.25. The van der Waals surface area contributed by atoms with Gasteiger partial charge in [0.15, 0.2) is 0 Å². The molecule has 1 unspecified atom stereocenters. The maximum Gasteiger partial charge on any atom is 0.321 e. The van der Waals surface area contributed by atoms with E-state index < -0.39 is 12.0 Å². The highest BCUT2D eigenvalue weighted by Crippen LogP contribution is 2.23. The van der Waals surface area contributed by atoms with Crippen LogP contribution < -0.4 is 4.74 Å². The normalized spacial score (nSPS) is 20.5. The minimum absolute atomic E-state index is 0.426. The number of methoxy groups -OCH3 is 1. The second-order valence-corrected chi connectivity index (χ2v) is 4.42. The van der Waals surface area contributed by atoms with E-state index in [0.717, 1.165) is 24.3 Å². The Hall–Kier alpha value is -1.55. The molecule has 0 aromatic heterocycles. The van der Waals surface area contributed by atoms with E-state index in [2.05, 4.69) is 0 Å². The Morgan fingerprint density at radius 3 is 2.88 bits per heavy atom. The van der Waals surface area contributed by atoms with E-state index in [-0.39, 0.29) is 0 Å². The fraction of sp³-hybridized carbons (Fsp3) is 0.462. The Kier molecular flexibility index (Phi) is 3.33. The third-order valence-corrected chi connectivity index (χ3v) is 3.38. The van der Waals surface area contributed by atoms with E-state index in [1.165, 1.54) is 5.56 Å². The van der Waals surface area contributed by atoms with Gasteiger partial charge < -0.3 is 9.84 Å². The summed E-state index contributed by atoms with van der Waals surface area (Å²) in [5, 5.41) is 9.19. The van der Waals surface area contributed by atoms with Gasteiger partial charge in [-0.1, -0.05) is 6.07 Å². The molecule has 1 aliphatic heterocycles. The number of hydrogen-bond donors (Lipinski definition) is 1. The van der Waals surface area contributed by atoms with Crippen LogP contribution in [0.2, 0.25) is 0 Å². The van der Waals surface area contributed by atoms with E-state index in [1.54, 1.807) is 7.11 Å². The number of ether oxygens (including phenoxy) is 1. The lowest BCUT2D eigenvalue weighted by Gasteiger charge is -2.21. The molecule has 1 N–H and O–H groups in total. The number of fused-ring (bicyclic) bond motifs is 1. The Labute approximate surface area is 101 Å². The summed E-state index contributed by atoms with van der Waals surface area (Å²) in [4.78, 5) is 13.1. The molecule has 0 aliphatic carbocycles. The van der Waals surface area contributed by atoms with E-state index in [4.69, 9.17) is 4.74 Å². The number of carboxylic acids is 1. The highest BCUT2D eigenvalue weighted by Gasteiger charge is 2.26. The van der Waals surface area contributed by atoms with Crippen LogP contribution in [-0.4, -0.2) is 42.7 Å². The van der Waals surface area contributed by atoms with Gasteiger partial charge in [-0.25, -0.2) is 0 Å². The Balaban J connectivity index is 2.32. The van der Waals surface area contributed by atoms with Crippen molar-refractivity contribution < 1.29 is 14.6 Å². The maximum atomic E-state index is 11.2. The average molecular weight is 235 g/mol. The summed E-state index contributed by atoms with van der Waals surface area (Å²) in [5.41, 5.74) is 2.31. The minimum atomic E-state index is -0.754. The van der Waals surface area contributed by atoms with E-state index in [9.17, 15) is 9.90 Å². The molecule has 1 aliphatic rings. The van der Waals surface area contributed by atoms with Gasteiger partial charge in [-0.05, 0) is 43.1 Å². The molecule has 0 bridgehead atoms. The molecule has 92 valence electrons. The van der Waals surface area contributed by atoms with Gasteiger partial charge in [-0.15, -0.1) is 0 Å². The van der Waals surface area contributed by atoms with Crippen LogP contribution in [-0.2, 0) is 17.6 Å². The first-order valence-corrected chi connectivity index (χ1v) is 5.70. The van der Waals surface area contributed by atoms with E-state index in [0.29, 0.717) is 6.42 Å². The first-order chi connectivity index (χ1) is 8.11. The molecule has 4 nitrogen and oxygen atoms in total.